The summed E-state index contributed by atoms with van der Waals surface area (Å²) in [7, 11) is 0. The van der Waals surface area contributed by atoms with Gasteiger partial charge >= 0.3 is 0 Å². The van der Waals surface area contributed by atoms with Gasteiger partial charge in [-0.3, -0.25) is 0 Å². The van der Waals surface area contributed by atoms with E-state index in [0.717, 1.165) is 61.5 Å². The first-order valence-electron chi connectivity index (χ1n) is 14.6. The molecule has 0 atom stereocenters. The van der Waals surface area contributed by atoms with Crippen LogP contribution in [0.4, 0.5) is 0 Å². The molecule has 208 valence electrons. The zero-order chi connectivity index (χ0) is 29.0. The molecule has 0 aliphatic carbocycles. The van der Waals surface area contributed by atoms with Gasteiger partial charge in [0, 0.05) is 33.7 Å². The maximum atomic E-state index is 6.82. The van der Waals surface area contributed by atoms with Gasteiger partial charge in [-0.1, -0.05) is 103 Å². The maximum absolute atomic E-state index is 6.82. The van der Waals surface area contributed by atoms with Crippen LogP contribution in [0.2, 0.25) is 0 Å². The van der Waals surface area contributed by atoms with E-state index in [1.165, 1.54) is 0 Å². The predicted octanol–water partition coefficient (Wildman–Crippen LogP) is 10.3. The first-order chi connectivity index (χ1) is 21.8. The van der Waals surface area contributed by atoms with Crippen molar-refractivity contribution in [1.82, 2.24) is 9.97 Å². The first-order valence-corrected chi connectivity index (χ1v) is 14.6. The topological polar surface area (TPSA) is 61.3 Å². The average Bonchev–Trinajstić information content (AvgIpc) is 3.73. The van der Waals surface area contributed by atoms with Crippen LogP contribution < -0.4 is 4.74 Å². The molecule has 44 heavy (non-hydrogen) atoms. The minimum Gasteiger partial charge on any atom is -0.457 e. The summed E-state index contributed by atoms with van der Waals surface area (Å²) >= 11 is 0. The van der Waals surface area contributed by atoms with Crippen LogP contribution in [0.5, 0.6) is 11.5 Å². The second-order valence-corrected chi connectivity index (χ2v) is 10.9. The number of hydrogen-bond acceptors (Lipinski definition) is 5. The van der Waals surface area contributed by atoms with Gasteiger partial charge in [0.05, 0.1) is 5.56 Å². The Kier molecular flexibility index (Phi) is 5.50. The monoisotopic (exact) mass is 568 g/mol. The number of oxazole rings is 2. The summed E-state index contributed by atoms with van der Waals surface area (Å²) in [5.74, 6) is 2.46. The van der Waals surface area contributed by atoms with Gasteiger partial charge < -0.3 is 13.6 Å². The SMILES string of the molecule is c1ccc(-c2nc3c(C4c5ccccc5Oc5ccccc54)c4oc(-c5ccccc5)nc4c(-c4ccccc4)c3o2)cc1. The summed E-state index contributed by atoms with van der Waals surface area (Å²) in [6.45, 7) is 0. The van der Waals surface area contributed by atoms with Crippen LogP contribution in [0, 0.1) is 0 Å². The molecule has 0 fully saturated rings. The third-order valence-electron chi connectivity index (χ3n) is 8.29. The zero-order valence-corrected chi connectivity index (χ0v) is 23.5. The molecule has 5 nitrogen and oxygen atoms in total. The third-order valence-corrected chi connectivity index (χ3v) is 8.29. The highest BCUT2D eigenvalue weighted by atomic mass is 16.5. The Morgan fingerprint density at radius 2 is 0.886 bits per heavy atom. The Morgan fingerprint density at radius 3 is 1.45 bits per heavy atom. The molecule has 3 heterocycles. The number of fused-ring (bicyclic) bond motifs is 4. The van der Waals surface area contributed by atoms with Crippen molar-refractivity contribution >= 4 is 22.2 Å². The molecule has 9 rings (SSSR count). The Bertz CT molecular complexity index is 2160. The van der Waals surface area contributed by atoms with Gasteiger partial charge in [-0.25, -0.2) is 9.97 Å². The fourth-order valence-corrected chi connectivity index (χ4v) is 6.33. The van der Waals surface area contributed by atoms with E-state index in [-0.39, 0.29) is 5.92 Å². The van der Waals surface area contributed by atoms with Gasteiger partial charge in [0.1, 0.15) is 22.5 Å². The van der Waals surface area contributed by atoms with E-state index in [0.29, 0.717) is 22.9 Å². The van der Waals surface area contributed by atoms with Crippen molar-refractivity contribution in [2.45, 2.75) is 5.92 Å². The van der Waals surface area contributed by atoms with Crippen LogP contribution in [0.3, 0.4) is 0 Å². The second-order valence-electron chi connectivity index (χ2n) is 10.9. The van der Waals surface area contributed by atoms with Crippen molar-refractivity contribution in [3.63, 3.8) is 0 Å². The second kappa shape index (κ2) is 9.82. The number of para-hydroxylation sites is 2. The van der Waals surface area contributed by atoms with Crippen LogP contribution >= 0.6 is 0 Å². The number of hydrogen-bond donors (Lipinski definition) is 0. The summed E-state index contributed by atoms with van der Waals surface area (Å²) in [6.07, 6.45) is 0. The Morgan fingerprint density at radius 1 is 0.432 bits per heavy atom. The quantitative estimate of drug-likeness (QED) is 0.211. The van der Waals surface area contributed by atoms with E-state index in [9.17, 15) is 0 Å². The predicted molar refractivity (Wildman–Crippen MR) is 172 cm³/mol. The van der Waals surface area contributed by atoms with Crippen molar-refractivity contribution in [1.29, 1.82) is 0 Å². The lowest BCUT2D eigenvalue weighted by atomic mass is 9.81. The number of ether oxygens (including phenoxy) is 1. The molecule has 0 saturated carbocycles. The normalized spacial score (nSPS) is 12.6. The molecule has 0 saturated heterocycles. The van der Waals surface area contributed by atoms with Crippen molar-refractivity contribution < 1.29 is 13.6 Å². The molecule has 6 aromatic carbocycles. The summed E-state index contributed by atoms with van der Waals surface area (Å²) in [6, 6.07) is 46.6. The lowest BCUT2D eigenvalue weighted by Gasteiger charge is -2.28. The highest BCUT2D eigenvalue weighted by Crippen LogP contribution is 2.52. The van der Waals surface area contributed by atoms with Crippen molar-refractivity contribution in [2.75, 3.05) is 0 Å². The Hall–Kier alpha value is -5.94. The van der Waals surface area contributed by atoms with Crippen LogP contribution in [-0.2, 0) is 0 Å². The van der Waals surface area contributed by atoms with E-state index in [1.54, 1.807) is 0 Å². The van der Waals surface area contributed by atoms with Crippen LogP contribution in [0.25, 0.3) is 56.2 Å². The van der Waals surface area contributed by atoms with Crippen molar-refractivity contribution in [2.24, 2.45) is 0 Å². The molecule has 0 bridgehead atoms. The van der Waals surface area contributed by atoms with E-state index < -0.39 is 0 Å². The van der Waals surface area contributed by atoms with Crippen LogP contribution in [0.15, 0.2) is 148 Å². The summed E-state index contributed by atoms with van der Waals surface area (Å²) in [5, 5.41) is 0. The molecule has 5 heteroatoms. The summed E-state index contributed by atoms with van der Waals surface area (Å²) < 4.78 is 20.0. The molecule has 0 unspecified atom stereocenters. The van der Waals surface area contributed by atoms with Crippen LogP contribution in [-0.4, -0.2) is 9.97 Å². The standard InChI is InChI=1S/C39H24N2O3/c1-4-14-24(15-5-1)31-34-37(44-38(40-34)25-16-6-2-7-17-25)33(35-36(31)43-39(41-35)26-18-8-3-9-19-26)32-27-20-10-12-22-29(27)42-30-23-13-11-21-28(30)32/h1-23,32H. The zero-order valence-electron chi connectivity index (χ0n) is 23.5. The number of rotatable bonds is 4. The minimum atomic E-state index is -0.240. The van der Waals surface area contributed by atoms with E-state index in [4.69, 9.17) is 23.5 Å². The fraction of sp³-hybridized carbons (Fsp3) is 0.0256. The molecular weight excluding hydrogens is 544 g/mol. The van der Waals surface area contributed by atoms with Gasteiger partial charge in [0.15, 0.2) is 11.2 Å². The number of benzene rings is 6. The minimum absolute atomic E-state index is 0.240. The fourth-order valence-electron chi connectivity index (χ4n) is 6.33. The molecular formula is C39H24N2O3. The molecule has 2 aromatic heterocycles. The summed E-state index contributed by atoms with van der Waals surface area (Å²) in [5.41, 5.74) is 9.42. The maximum Gasteiger partial charge on any atom is 0.227 e. The highest BCUT2D eigenvalue weighted by Gasteiger charge is 2.36. The molecule has 0 radical (unpaired) electrons. The van der Waals surface area contributed by atoms with Gasteiger partial charge in [0.25, 0.3) is 0 Å². The molecule has 0 amide bonds. The van der Waals surface area contributed by atoms with Gasteiger partial charge in [-0.2, -0.15) is 0 Å². The molecule has 1 aliphatic rings. The smallest absolute Gasteiger partial charge is 0.227 e. The largest absolute Gasteiger partial charge is 0.457 e. The highest BCUT2D eigenvalue weighted by molar-refractivity contribution is 6.10. The Balaban J connectivity index is 1.46. The van der Waals surface area contributed by atoms with Crippen LogP contribution in [0.1, 0.15) is 22.6 Å². The lowest BCUT2D eigenvalue weighted by molar-refractivity contribution is 0.453. The van der Waals surface area contributed by atoms with E-state index >= 15 is 0 Å². The number of nitrogens with zero attached hydrogens (tertiary/aromatic N) is 2. The van der Waals surface area contributed by atoms with Crippen molar-refractivity contribution in [3.05, 3.63) is 156 Å². The van der Waals surface area contributed by atoms with Gasteiger partial charge in [0.2, 0.25) is 11.8 Å². The third kappa shape index (κ3) is 3.80. The first kappa shape index (κ1) is 24.6. The average molecular weight is 569 g/mol. The van der Waals surface area contributed by atoms with E-state index in [2.05, 4.69) is 24.3 Å². The van der Waals surface area contributed by atoms with E-state index in [1.807, 2.05) is 115 Å². The molecule has 8 aromatic rings. The van der Waals surface area contributed by atoms with Crippen molar-refractivity contribution in [3.8, 4) is 45.5 Å². The molecule has 0 N–H and O–H groups in total. The lowest BCUT2D eigenvalue weighted by Crippen LogP contribution is -2.12. The van der Waals surface area contributed by atoms with Gasteiger partial charge in [-0.15, -0.1) is 0 Å². The molecule has 0 spiro atoms. The summed E-state index contributed by atoms with van der Waals surface area (Å²) in [4.78, 5) is 10.4. The Labute approximate surface area is 253 Å². The molecule has 1 aliphatic heterocycles. The van der Waals surface area contributed by atoms with Gasteiger partial charge in [-0.05, 0) is 42.0 Å². The number of aromatic nitrogens is 2.